The van der Waals surface area contributed by atoms with Crippen molar-refractivity contribution in [3.8, 4) is 0 Å². The Kier molecular flexibility index (Phi) is 5.21. The normalized spacial score (nSPS) is 11.8. The van der Waals surface area contributed by atoms with Crippen LogP contribution in [0.3, 0.4) is 0 Å². The SMILES string of the molecule is C=C(/C=C/c1ccc(Cl)cc1)[Si](C)(C)Cc1ccccc1. The highest BCUT2D eigenvalue weighted by molar-refractivity contribution is 6.84. The summed E-state index contributed by atoms with van der Waals surface area (Å²) < 4.78 is 0. The van der Waals surface area contributed by atoms with Crippen molar-refractivity contribution in [2.75, 3.05) is 0 Å². The zero-order valence-electron chi connectivity index (χ0n) is 12.6. The molecule has 2 aromatic carbocycles. The molecule has 0 N–H and O–H groups in total. The smallest absolute Gasteiger partial charge is 0.0841 e. The van der Waals surface area contributed by atoms with E-state index in [1.165, 1.54) is 10.8 Å². The van der Waals surface area contributed by atoms with Crippen LogP contribution < -0.4 is 0 Å². The van der Waals surface area contributed by atoms with Crippen LogP contribution >= 0.6 is 11.6 Å². The highest BCUT2D eigenvalue weighted by Crippen LogP contribution is 2.21. The molecule has 0 saturated carbocycles. The van der Waals surface area contributed by atoms with Gasteiger partial charge in [-0.15, -0.1) is 0 Å². The molecule has 0 saturated heterocycles. The monoisotopic (exact) mass is 312 g/mol. The molecule has 0 aliphatic carbocycles. The highest BCUT2D eigenvalue weighted by atomic mass is 35.5. The lowest BCUT2D eigenvalue weighted by Crippen LogP contribution is -2.31. The minimum absolute atomic E-state index is 0.768. The fourth-order valence-electron chi connectivity index (χ4n) is 2.22. The van der Waals surface area contributed by atoms with Gasteiger partial charge in [0.05, 0.1) is 8.07 Å². The molecule has 2 heteroatoms. The Morgan fingerprint density at radius 3 is 2.29 bits per heavy atom. The van der Waals surface area contributed by atoms with E-state index in [0.717, 1.165) is 16.6 Å². The maximum absolute atomic E-state index is 5.90. The van der Waals surface area contributed by atoms with Gasteiger partial charge in [-0.3, -0.25) is 0 Å². The van der Waals surface area contributed by atoms with Crippen LogP contribution in [0, 0.1) is 0 Å². The third-order valence-electron chi connectivity index (χ3n) is 3.71. The van der Waals surface area contributed by atoms with E-state index in [0.29, 0.717) is 0 Å². The summed E-state index contributed by atoms with van der Waals surface area (Å²) in [5, 5.41) is 2.03. The summed E-state index contributed by atoms with van der Waals surface area (Å²) in [6, 6.07) is 19.7. The minimum Gasteiger partial charge on any atom is -0.0998 e. The van der Waals surface area contributed by atoms with Gasteiger partial charge in [0.15, 0.2) is 0 Å². The largest absolute Gasteiger partial charge is 0.0998 e. The Morgan fingerprint density at radius 1 is 1.05 bits per heavy atom. The molecule has 2 aromatic rings. The van der Waals surface area contributed by atoms with Gasteiger partial charge in [0.2, 0.25) is 0 Å². The van der Waals surface area contributed by atoms with Gasteiger partial charge < -0.3 is 0 Å². The standard InChI is InChI=1S/C19H21ClSi/c1-16(9-10-17-11-13-19(20)14-12-17)21(2,3)15-18-7-5-4-6-8-18/h4-14H,1,15H2,2-3H3/b10-9+. The highest BCUT2D eigenvalue weighted by Gasteiger charge is 2.23. The number of halogens is 1. The topological polar surface area (TPSA) is 0 Å². The summed E-state index contributed by atoms with van der Waals surface area (Å²) in [6.07, 6.45) is 4.29. The molecule has 0 aliphatic heterocycles. The second kappa shape index (κ2) is 6.93. The van der Waals surface area contributed by atoms with Crippen LogP contribution in [0.1, 0.15) is 11.1 Å². The minimum atomic E-state index is -1.52. The number of hydrogen-bond acceptors (Lipinski definition) is 0. The zero-order chi connectivity index (χ0) is 15.3. The lowest BCUT2D eigenvalue weighted by Gasteiger charge is -2.23. The summed E-state index contributed by atoms with van der Waals surface area (Å²) in [5.74, 6) is 0. The molecule has 0 spiro atoms. The van der Waals surface area contributed by atoms with E-state index in [4.69, 9.17) is 11.6 Å². The lowest BCUT2D eigenvalue weighted by molar-refractivity contribution is 1.31. The van der Waals surface area contributed by atoms with E-state index in [1.54, 1.807) is 0 Å². The molecule has 108 valence electrons. The average Bonchev–Trinajstić information content (AvgIpc) is 2.47. The maximum Gasteiger partial charge on any atom is 0.0841 e. The molecule has 0 fully saturated rings. The quantitative estimate of drug-likeness (QED) is 0.473. The number of hydrogen-bond donors (Lipinski definition) is 0. The van der Waals surface area contributed by atoms with E-state index in [1.807, 2.05) is 24.3 Å². The number of rotatable bonds is 5. The molecule has 0 atom stereocenters. The summed E-state index contributed by atoms with van der Waals surface area (Å²) in [5.41, 5.74) is 2.56. The van der Waals surface area contributed by atoms with Crippen LogP contribution in [-0.2, 0) is 6.04 Å². The van der Waals surface area contributed by atoms with E-state index in [2.05, 4.69) is 62.2 Å². The zero-order valence-corrected chi connectivity index (χ0v) is 14.4. The fraction of sp³-hybridized carbons (Fsp3) is 0.158. The third-order valence-corrected chi connectivity index (χ3v) is 7.15. The van der Waals surface area contributed by atoms with Crippen molar-refractivity contribution in [2.24, 2.45) is 0 Å². The molecular formula is C19H21ClSi. The predicted octanol–water partition coefficient (Wildman–Crippen LogP) is 5.94. The maximum atomic E-state index is 5.90. The van der Waals surface area contributed by atoms with Gasteiger partial charge >= 0.3 is 0 Å². The summed E-state index contributed by atoms with van der Waals surface area (Å²) >= 11 is 5.90. The van der Waals surface area contributed by atoms with Crippen molar-refractivity contribution >= 4 is 25.8 Å². The van der Waals surface area contributed by atoms with Crippen molar-refractivity contribution in [1.82, 2.24) is 0 Å². The van der Waals surface area contributed by atoms with E-state index >= 15 is 0 Å². The molecule has 0 aromatic heterocycles. The second-order valence-corrected chi connectivity index (χ2v) is 11.2. The number of benzene rings is 2. The van der Waals surface area contributed by atoms with E-state index < -0.39 is 8.07 Å². The molecule has 0 bridgehead atoms. The summed E-state index contributed by atoms with van der Waals surface area (Å²) in [4.78, 5) is 0. The van der Waals surface area contributed by atoms with Crippen molar-refractivity contribution in [3.05, 3.63) is 88.6 Å². The Morgan fingerprint density at radius 2 is 1.67 bits per heavy atom. The average molecular weight is 313 g/mol. The van der Waals surface area contributed by atoms with E-state index in [-0.39, 0.29) is 0 Å². The fourth-order valence-corrected chi connectivity index (χ4v) is 4.36. The molecule has 0 amide bonds. The van der Waals surface area contributed by atoms with Gasteiger partial charge in [-0.25, -0.2) is 0 Å². The van der Waals surface area contributed by atoms with Crippen LogP contribution in [-0.4, -0.2) is 8.07 Å². The molecule has 0 radical (unpaired) electrons. The van der Waals surface area contributed by atoms with Gasteiger partial charge in [0.1, 0.15) is 0 Å². The first kappa shape index (κ1) is 15.8. The first-order valence-electron chi connectivity index (χ1n) is 7.14. The van der Waals surface area contributed by atoms with Gasteiger partial charge in [-0.2, -0.15) is 0 Å². The van der Waals surface area contributed by atoms with Crippen LogP contribution in [0.2, 0.25) is 18.1 Å². The summed E-state index contributed by atoms with van der Waals surface area (Å²) in [7, 11) is -1.52. The van der Waals surface area contributed by atoms with Crippen molar-refractivity contribution in [2.45, 2.75) is 19.1 Å². The summed E-state index contributed by atoms with van der Waals surface area (Å²) in [6.45, 7) is 9.04. The van der Waals surface area contributed by atoms with Crippen molar-refractivity contribution in [1.29, 1.82) is 0 Å². The molecule has 0 nitrogen and oxygen atoms in total. The van der Waals surface area contributed by atoms with Crippen LogP contribution in [0.5, 0.6) is 0 Å². The van der Waals surface area contributed by atoms with E-state index in [9.17, 15) is 0 Å². The molecule has 0 unspecified atom stereocenters. The lowest BCUT2D eigenvalue weighted by atomic mass is 10.2. The Bertz CT molecular complexity index is 624. The second-order valence-electron chi connectivity index (χ2n) is 5.96. The van der Waals surface area contributed by atoms with Crippen molar-refractivity contribution < 1.29 is 0 Å². The first-order valence-corrected chi connectivity index (χ1v) is 10.7. The Hall–Kier alpha value is -1.57. The van der Waals surface area contributed by atoms with Gasteiger partial charge in [0, 0.05) is 5.02 Å². The van der Waals surface area contributed by atoms with Crippen LogP contribution in [0.4, 0.5) is 0 Å². The first-order chi connectivity index (χ1) is 9.97. The van der Waals surface area contributed by atoms with Crippen molar-refractivity contribution in [3.63, 3.8) is 0 Å². The van der Waals surface area contributed by atoms with Gasteiger partial charge in [-0.1, -0.05) is 96.7 Å². The number of allylic oxidation sites excluding steroid dienone is 2. The Labute approximate surface area is 133 Å². The Balaban J connectivity index is 2.06. The predicted molar refractivity (Wildman–Crippen MR) is 97.3 cm³/mol. The van der Waals surface area contributed by atoms with Gasteiger partial charge in [0.25, 0.3) is 0 Å². The van der Waals surface area contributed by atoms with Crippen LogP contribution in [0.15, 0.2) is 72.4 Å². The molecular weight excluding hydrogens is 292 g/mol. The molecule has 21 heavy (non-hydrogen) atoms. The van der Waals surface area contributed by atoms with Crippen LogP contribution in [0.25, 0.3) is 6.08 Å². The molecule has 0 heterocycles. The molecule has 2 rings (SSSR count). The third kappa shape index (κ3) is 4.73. The molecule has 0 aliphatic rings. The van der Waals surface area contributed by atoms with Gasteiger partial charge in [-0.05, 0) is 23.7 Å².